The Hall–Kier alpha value is -3.88. The highest BCUT2D eigenvalue weighted by atomic mass is 32.2. The highest BCUT2D eigenvalue weighted by Crippen LogP contribution is 2.51. The van der Waals surface area contributed by atoms with E-state index in [4.69, 9.17) is 8.92 Å². The number of carbonyl (C=O) groups is 3. The number of β-lactam (4-membered cyclic amide) rings is 1. The van der Waals surface area contributed by atoms with Gasteiger partial charge in [0.05, 0.1) is 17.8 Å². The quantitative estimate of drug-likeness (QED) is 0.171. The van der Waals surface area contributed by atoms with Crippen LogP contribution in [0, 0.1) is 0 Å². The number of nitrogens with zero attached hydrogens (tertiary/aromatic N) is 1. The van der Waals surface area contributed by atoms with E-state index in [9.17, 15) is 36.0 Å². The number of benzene rings is 3. The minimum Gasteiger partial charge on any atom is -0.450 e. The second-order valence-corrected chi connectivity index (χ2v) is 12.7. The van der Waals surface area contributed by atoms with Gasteiger partial charge >= 0.3 is 21.6 Å². The van der Waals surface area contributed by atoms with Gasteiger partial charge in [-0.25, -0.2) is 8.98 Å². The number of nitrogens with one attached hydrogen (secondary N) is 1. The van der Waals surface area contributed by atoms with Gasteiger partial charge in [-0.05, 0) is 16.7 Å². The number of fused-ring (bicyclic) bond motifs is 1. The van der Waals surface area contributed by atoms with Gasteiger partial charge in [0.1, 0.15) is 5.37 Å². The van der Waals surface area contributed by atoms with Crippen molar-refractivity contribution in [2.75, 3.05) is 6.54 Å². The fourth-order valence-electron chi connectivity index (χ4n) is 5.04. The van der Waals surface area contributed by atoms with Gasteiger partial charge in [-0.1, -0.05) is 91.0 Å². The summed E-state index contributed by atoms with van der Waals surface area (Å²) in [6, 6.07) is 25.0. The number of ether oxygens (including phenoxy) is 1. The molecule has 2 aliphatic rings. The number of halogens is 3. The maximum absolute atomic E-state index is 14.1. The largest absolute Gasteiger partial charge is 0.523 e. The van der Waals surface area contributed by atoms with Gasteiger partial charge in [0.25, 0.3) is 0 Å². The van der Waals surface area contributed by atoms with E-state index < -0.39 is 68.3 Å². The first-order valence-corrected chi connectivity index (χ1v) is 15.3. The molecule has 2 fully saturated rings. The number of thioether (sulfide) groups is 1. The average molecular weight is 635 g/mol. The van der Waals surface area contributed by atoms with Crippen molar-refractivity contribution in [1.29, 1.82) is 0 Å². The molecule has 0 aliphatic carbocycles. The minimum atomic E-state index is -6.44. The zero-order valence-electron chi connectivity index (χ0n) is 22.4. The molecule has 0 saturated carbocycles. The summed E-state index contributed by atoms with van der Waals surface area (Å²) >= 11 is 0.737. The van der Waals surface area contributed by atoms with Crippen LogP contribution < -0.4 is 5.32 Å². The second kappa shape index (κ2) is 11.7. The van der Waals surface area contributed by atoms with Crippen LogP contribution in [0.2, 0.25) is 0 Å². The zero-order valence-corrected chi connectivity index (χ0v) is 24.1. The highest BCUT2D eigenvalue weighted by molar-refractivity contribution is 8.00. The van der Waals surface area contributed by atoms with Crippen molar-refractivity contribution in [1.82, 2.24) is 10.2 Å². The normalized spacial score (nSPS) is 23.7. The van der Waals surface area contributed by atoms with Gasteiger partial charge in [0, 0.05) is 6.92 Å². The number of carbonyl (C=O) groups excluding carboxylic acids is 3. The maximum Gasteiger partial charge on any atom is 0.523 e. The second-order valence-electron chi connectivity index (χ2n) is 9.94. The lowest BCUT2D eigenvalue weighted by atomic mass is 9.87. The van der Waals surface area contributed by atoms with Gasteiger partial charge in [-0.3, -0.25) is 9.59 Å². The first-order valence-electron chi connectivity index (χ1n) is 12.9. The molecule has 226 valence electrons. The summed E-state index contributed by atoms with van der Waals surface area (Å²) in [5.41, 5.74) is -7.46. The number of amides is 2. The van der Waals surface area contributed by atoms with Crippen molar-refractivity contribution in [2.24, 2.45) is 0 Å². The summed E-state index contributed by atoms with van der Waals surface area (Å²) in [6.07, 6.45) is -1.20. The smallest absolute Gasteiger partial charge is 0.450 e. The van der Waals surface area contributed by atoms with Crippen molar-refractivity contribution in [2.45, 2.75) is 40.8 Å². The molecule has 2 amide bonds. The molecule has 2 saturated heterocycles. The summed E-state index contributed by atoms with van der Waals surface area (Å²) in [6.45, 7) is 0.126. The number of alkyl halides is 3. The Morgan fingerprint density at radius 3 is 1.95 bits per heavy atom. The Balaban J connectivity index is 1.59. The summed E-state index contributed by atoms with van der Waals surface area (Å²) in [5.74, 6) is -3.60. The summed E-state index contributed by atoms with van der Waals surface area (Å²) < 4.78 is 76.7. The van der Waals surface area contributed by atoms with E-state index in [1.54, 1.807) is 91.0 Å². The van der Waals surface area contributed by atoms with Gasteiger partial charge in [0.2, 0.25) is 17.4 Å². The van der Waals surface area contributed by atoms with Crippen molar-refractivity contribution in [3.8, 4) is 0 Å². The molecule has 0 spiro atoms. The minimum absolute atomic E-state index is 0.428. The number of hydrogen-bond donors (Lipinski definition) is 1. The molecule has 3 aromatic carbocycles. The molecule has 0 aromatic heterocycles. The fraction of sp³-hybridized carbons (Fsp3) is 0.276. The van der Waals surface area contributed by atoms with Crippen molar-refractivity contribution >= 4 is 39.7 Å². The summed E-state index contributed by atoms with van der Waals surface area (Å²) in [7, 11) is -6.44. The molecule has 9 nitrogen and oxygen atoms in total. The van der Waals surface area contributed by atoms with Crippen LogP contribution in [0.15, 0.2) is 91.0 Å². The molecule has 0 radical (unpaired) electrons. The Bertz CT molecular complexity index is 1570. The van der Waals surface area contributed by atoms with Crippen LogP contribution in [-0.2, 0) is 33.4 Å². The third-order valence-electron chi connectivity index (χ3n) is 7.06. The topological polar surface area (TPSA) is 119 Å². The van der Waals surface area contributed by atoms with Crippen LogP contribution >= 0.6 is 11.8 Å². The number of rotatable bonds is 8. The van der Waals surface area contributed by atoms with E-state index in [0.29, 0.717) is 16.7 Å². The standard InChI is InChI=1S/C29H25F3N2O7S2/c1-18(35)33-26-28(41-43(38,39)29(30,31)32,17-34-24(36)22(25(34)42-26)19-11-5-2-6-12-19)27(37)40-23(20-13-7-3-8-14-20)21-15-9-4-10-16-21/h2-16,22-23,25-26H,17H2,1H3,(H,33,35)/t22?,25-,26?,28?/m1/s1. The van der Waals surface area contributed by atoms with Crippen molar-refractivity contribution < 1.29 is 44.9 Å². The molecular weight excluding hydrogens is 609 g/mol. The molecule has 4 atom stereocenters. The summed E-state index contributed by atoms with van der Waals surface area (Å²) in [5, 5.41) is -0.0581. The lowest BCUT2D eigenvalue weighted by Crippen LogP contribution is -2.74. The van der Waals surface area contributed by atoms with Crippen LogP contribution in [-0.4, -0.2) is 59.5 Å². The van der Waals surface area contributed by atoms with E-state index >= 15 is 0 Å². The number of esters is 1. The molecule has 43 heavy (non-hydrogen) atoms. The van der Waals surface area contributed by atoms with Gasteiger partial charge in [0.15, 0.2) is 6.10 Å². The molecule has 0 bridgehead atoms. The Morgan fingerprint density at radius 2 is 1.47 bits per heavy atom. The lowest BCUT2D eigenvalue weighted by Gasteiger charge is -2.56. The molecule has 2 aliphatic heterocycles. The molecule has 5 rings (SSSR count). The van der Waals surface area contributed by atoms with Crippen LogP contribution in [0.4, 0.5) is 13.2 Å². The van der Waals surface area contributed by atoms with Crippen LogP contribution in [0.1, 0.15) is 35.6 Å². The summed E-state index contributed by atoms with van der Waals surface area (Å²) in [4.78, 5) is 40.8. The van der Waals surface area contributed by atoms with Crippen LogP contribution in [0.25, 0.3) is 0 Å². The highest BCUT2D eigenvalue weighted by Gasteiger charge is 2.67. The first-order chi connectivity index (χ1) is 20.3. The van der Waals surface area contributed by atoms with Crippen LogP contribution in [0.3, 0.4) is 0 Å². The van der Waals surface area contributed by atoms with Crippen molar-refractivity contribution in [3.05, 3.63) is 108 Å². The molecule has 1 N–H and O–H groups in total. The number of hydrogen-bond acceptors (Lipinski definition) is 8. The Kier molecular flexibility index (Phi) is 8.29. The third-order valence-corrected chi connectivity index (χ3v) is 9.72. The Labute approximate surface area is 249 Å². The van der Waals surface area contributed by atoms with Gasteiger partial charge in [-0.2, -0.15) is 21.6 Å². The average Bonchev–Trinajstić information content (AvgIpc) is 2.97. The Morgan fingerprint density at radius 1 is 0.953 bits per heavy atom. The monoisotopic (exact) mass is 634 g/mol. The molecule has 3 unspecified atom stereocenters. The third kappa shape index (κ3) is 5.86. The molecule has 3 aromatic rings. The zero-order chi connectivity index (χ0) is 31.0. The van der Waals surface area contributed by atoms with Crippen LogP contribution in [0.5, 0.6) is 0 Å². The van der Waals surface area contributed by atoms with E-state index in [1.807, 2.05) is 0 Å². The van der Waals surface area contributed by atoms with Gasteiger partial charge < -0.3 is 15.0 Å². The maximum atomic E-state index is 14.1. The van der Waals surface area contributed by atoms with E-state index in [-0.39, 0.29) is 0 Å². The van der Waals surface area contributed by atoms with Gasteiger partial charge in [-0.15, -0.1) is 11.8 Å². The van der Waals surface area contributed by atoms with E-state index in [0.717, 1.165) is 23.6 Å². The molecular formula is C29H25F3N2O7S2. The molecule has 14 heteroatoms. The molecule has 2 heterocycles. The first kappa shape index (κ1) is 30.6. The van der Waals surface area contributed by atoms with E-state index in [1.165, 1.54) is 0 Å². The predicted octanol–water partition coefficient (Wildman–Crippen LogP) is 4.09. The fourth-order valence-corrected chi connectivity index (χ4v) is 7.51. The predicted molar refractivity (Wildman–Crippen MR) is 149 cm³/mol. The van der Waals surface area contributed by atoms with E-state index in [2.05, 4.69) is 5.32 Å². The van der Waals surface area contributed by atoms with Crippen molar-refractivity contribution in [3.63, 3.8) is 0 Å². The SMILES string of the molecule is CC(=O)NC1S[C@@H]2C(c3ccccc3)C(=O)N2CC1(OS(=O)(=O)C(F)(F)F)C(=O)OC(c1ccccc1)c1ccccc1. The lowest BCUT2D eigenvalue weighted by molar-refractivity contribution is -0.176.